The summed E-state index contributed by atoms with van der Waals surface area (Å²) in [5, 5.41) is 20.3. The number of rotatable bonds is 3. The predicted molar refractivity (Wildman–Crippen MR) is 82.0 cm³/mol. The lowest BCUT2D eigenvalue weighted by molar-refractivity contribution is 0.404. The molecule has 0 aliphatic rings. The van der Waals surface area contributed by atoms with E-state index in [4.69, 9.17) is 11.6 Å². The summed E-state index contributed by atoms with van der Waals surface area (Å²) in [6.45, 7) is 3.53. The summed E-state index contributed by atoms with van der Waals surface area (Å²) in [5.74, 6) is -1.60. The molecule has 0 bridgehead atoms. The van der Waals surface area contributed by atoms with Gasteiger partial charge in [-0.25, -0.2) is 4.39 Å². The summed E-state index contributed by atoms with van der Waals surface area (Å²) in [6, 6.07) is 4.64. The van der Waals surface area contributed by atoms with E-state index in [-0.39, 0.29) is 22.8 Å². The van der Waals surface area contributed by atoms with Gasteiger partial charge in [0.1, 0.15) is 5.75 Å². The Morgan fingerprint density at radius 2 is 1.95 bits per heavy atom. The number of phenols is 2. The van der Waals surface area contributed by atoms with Gasteiger partial charge in [-0.15, -0.1) is 0 Å². The minimum Gasteiger partial charge on any atom is -0.507 e. The fraction of sp³-hybridized carbons (Fsp3) is 0.188. The van der Waals surface area contributed by atoms with E-state index in [1.807, 2.05) is 0 Å². The Labute approximate surface area is 127 Å². The van der Waals surface area contributed by atoms with E-state index < -0.39 is 11.6 Å². The van der Waals surface area contributed by atoms with Gasteiger partial charge < -0.3 is 10.2 Å². The third-order valence-corrected chi connectivity index (χ3v) is 3.27. The fourth-order valence-corrected chi connectivity index (χ4v) is 2.13. The van der Waals surface area contributed by atoms with Crippen LogP contribution in [-0.2, 0) is 0 Å². The van der Waals surface area contributed by atoms with Crippen LogP contribution in [0, 0.1) is 5.82 Å². The van der Waals surface area contributed by atoms with E-state index in [1.54, 1.807) is 32.1 Å². The first kappa shape index (κ1) is 15.3. The van der Waals surface area contributed by atoms with Crippen LogP contribution in [0.3, 0.4) is 0 Å². The molecule has 0 saturated carbocycles. The summed E-state index contributed by atoms with van der Waals surface area (Å²) in [4.78, 5) is 4.05. The van der Waals surface area contributed by atoms with Gasteiger partial charge in [-0.3, -0.25) is 4.98 Å². The molecule has 0 saturated heterocycles. The largest absolute Gasteiger partial charge is 0.507 e. The number of pyridine rings is 1. The van der Waals surface area contributed by atoms with E-state index >= 15 is 0 Å². The summed E-state index contributed by atoms with van der Waals surface area (Å²) < 4.78 is 14.1. The molecule has 0 spiro atoms. The van der Waals surface area contributed by atoms with Crippen LogP contribution in [0.15, 0.2) is 24.4 Å². The van der Waals surface area contributed by atoms with E-state index in [0.29, 0.717) is 10.7 Å². The Hall–Kier alpha value is -2.07. The summed E-state index contributed by atoms with van der Waals surface area (Å²) in [7, 11) is 0. The molecule has 21 heavy (non-hydrogen) atoms. The van der Waals surface area contributed by atoms with E-state index in [0.717, 1.165) is 0 Å². The van der Waals surface area contributed by atoms with Crippen molar-refractivity contribution < 1.29 is 14.6 Å². The first-order valence-corrected chi connectivity index (χ1v) is 6.82. The first-order chi connectivity index (χ1) is 9.90. The number of aromatic nitrogens is 1. The Kier molecular flexibility index (Phi) is 4.48. The highest BCUT2D eigenvalue weighted by Crippen LogP contribution is 2.38. The molecule has 1 heterocycles. The normalized spacial score (nSPS) is 11.5. The maximum atomic E-state index is 14.1. The lowest BCUT2D eigenvalue weighted by atomic mass is 9.98. The molecule has 0 fully saturated rings. The lowest BCUT2D eigenvalue weighted by Gasteiger charge is -2.13. The van der Waals surface area contributed by atoms with Gasteiger partial charge in [0.25, 0.3) is 0 Å². The molecule has 0 amide bonds. The van der Waals surface area contributed by atoms with Crippen molar-refractivity contribution in [1.29, 1.82) is 0 Å². The SMILES string of the molecule is CC(C)c1c(O)cc(C=Cc2ccc(Cl)cn2)c(F)c1O. The van der Waals surface area contributed by atoms with Crippen molar-refractivity contribution >= 4 is 23.8 Å². The smallest absolute Gasteiger partial charge is 0.172 e. The minimum atomic E-state index is -0.762. The molecule has 5 heteroatoms. The van der Waals surface area contributed by atoms with Crippen LogP contribution in [0.1, 0.15) is 36.6 Å². The van der Waals surface area contributed by atoms with Crippen LogP contribution in [0.4, 0.5) is 4.39 Å². The summed E-state index contributed by atoms with van der Waals surface area (Å²) in [6.07, 6.45) is 4.49. The number of aromatic hydroxyl groups is 2. The van der Waals surface area contributed by atoms with Crippen molar-refractivity contribution in [2.75, 3.05) is 0 Å². The van der Waals surface area contributed by atoms with Gasteiger partial charge in [-0.1, -0.05) is 25.4 Å². The predicted octanol–water partition coefficient (Wildman–Crippen LogP) is 4.58. The monoisotopic (exact) mass is 307 g/mol. The topological polar surface area (TPSA) is 53.4 Å². The highest BCUT2D eigenvalue weighted by Gasteiger charge is 2.18. The molecule has 2 N–H and O–H groups in total. The molecular formula is C16H15ClFNO2. The standard InChI is InChI=1S/C16H15ClFNO2/c1-9(2)14-13(20)7-10(15(18)16(14)21)3-5-12-6-4-11(17)8-19-12/h3-9,20-21H,1-2H3. The Bertz CT molecular complexity index is 682. The molecule has 0 aliphatic heterocycles. The second kappa shape index (κ2) is 6.14. The molecule has 0 aliphatic carbocycles. The van der Waals surface area contributed by atoms with Gasteiger partial charge in [0.2, 0.25) is 0 Å². The molecule has 2 aromatic rings. The van der Waals surface area contributed by atoms with Crippen molar-refractivity contribution in [3.05, 3.63) is 52.1 Å². The number of benzene rings is 1. The van der Waals surface area contributed by atoms with Crippen LogP contribution in [0.2, 0.25) is 5.02 Å². The second-order valence-electron chi connectivity index (χ2n) is 4.95. The first-order valence-electron chi connectivity index (χ1n) is 6.44. The quantitative estimate of drug-likeness (QED) is 0.872. The molecule has 0 atom stereocenters. The van der Waals surface area contributed by atoms with E-state index in [1.165, 1.54) is 18.3 Å². The summed E-state index contributed by atoms with van der Waals surface area (Å²) >= 11 is 5.73. The number of halogens is 2. The van der Waals surface area contributed by atoms with Crippen molar-refractivity contribution in [3.63, 3.8) is 0 Å². The second-order valence-corrected chi connectivity index (χ2v) is 5.39. The van der Waals surface area contributed by atoms with Crippen molar-refractivity contribution in [1.82, 2.24) is 4.98 Å². The molecule has 1 aromatic carbocycles. The molecule has 110 valence electrons. The van der Waals surface area contributed by atoms with Gasteiger partial charge in [-0.2, -0.15) is 0 Å². The maximum Gasteiger partial charge on any atom is 0.172 e. The number of hydrogen-bond acceptors (Lipinski definition) is 3. The van der Waals surface area contributed by atoms with Crippen LogP contribution in [-0.4, -0.2) is 15.2 Å². The lowest BCUT2D eigenvalue weighted by Crippen LogP contribution is -1.94. The highest BCUT2D eigenvalue weighted by molar-refractivity contribution is 6.30. The van der Waals surface area contributed by atoms with Crippen molar-refractivity contribution in [2.24, 2.45) is 0 Å². The number of hydrogen-bond donors (Lipinski definition) is 2. The zero-order valence-electron chi connectivity index (χ0n) is 11.6. The zero-order chi connectivity index (χ0) is 15.6. The molecule has 0 unspecified atom stereocenters. The molecule has 1 aromatic heterocycles. The van der Waals surface area contributed by atoms with Crippen molar-refractivity contribution in [2.45, 2.75) is 19.8 Å². The Morgan fingerprint density at radius 3 is 2.52 bits per heavy atom. The molecule has 3 nitrogen and oxygen atoms in total. The third-order valence-electron chi connectivity index (χ3n) is 3.05. The zero-order valence-corrected chi connectivity index (χ0v) is 12.4. The Balaban J connectivity index is 2.39. The van der Waals surface area contributed by atoms with Gasteiger partial charge in [0, 0.05) is 17.3 Å². The van der Waals surface area contributed by atoms with Gasteiger partial charge in [-0.05, 0) is 36.3 Å². The van der Waals surface area contributed by atoms with Crippen molar-refractivity contribution in [3.8, 4) is 11.5 Å². The Morgan fingerprint density at radius 1 is 1.24 bits per heavy atom. The molecular weight excluding hydrogens is 293 g/mol. The van der Waals surface area contributed by atoms with E-state index in [9.17, 15) is 14.6 Å². The molecule has 0 radical (unpaired) electrons. The van der Waals surface area contributed by atoms with Crippen LogP contribution in [0.5, 0.6) is 11.5 Å². The average Bonchev–Trinajstić information content (AvgIpc) is 2.42. The fourth-order valence-electron chi connectivity index (χ4n) is 2.02. The average molecular weight is 308 g/mol. The summed E-state index contributed by atoms with van der Waals surface area (Å²) in [5.41, 5.74) is 0.881. The van der Waals surface area contributed by atoms with Crippen LogP contribution in [0.25, 0.3) is 12.2 Å². The highest BCUT2D eigenvalue weighted by atomic mass is 35.5. The maximum absolute atomic E-state index is 14.1. The van der Waals surface area contributed by atoms with Gasteiger partial charge in [0.15, 0.2) is 11.6 Å². The number of phenolic OH excluding ortho intramolecular Hbond substituents is 2. The number of nitrogens with zero attached hydrogens (tertiary/aromatic N) is 1. The molecule has 2 rings (SSSR count). The van der Waals surface area contributed by atoms with Gasteiger partial charge >= 0.3 is 0 Å². The van der Waals surface area contributed by atoms with Gasteiger partial charge in [0.05, 0.1) is 10.7 Å². The minimum absolute atomic E-state index is 0.0890. The van der Waals surface area contributed by atoms with E-state index in [2.05, 4.69) is 4.98 Å². The third kappa shape index (κ3) is 3.34. The van der Waals surface area contributed by atoms with Crippen LogP contribution >= 0.6 is 11.6 Å². The van der Waals surface area contributed by atoms with Crippen LogP contribution < -0.4 is 0 Å².